The molecule has 134 valence electrons. The van der Waals surface area contributed by atoms with Gasteiger partial charge in [0.2, 0.25) is 0 Å². The maximum absolute atomic E-state index is 12.8. The summed E-state index contributed by atoms with van der Waals surface area (Å²) in [4.78, 5) is 30.3. The van der Waals surface area contributed by atoms with Crippen molar-refractivity contribution in [3.63, 3.8) is 0 Å². The van der Waals surface area contributed by atoms with E-state index in [1.54, 1.807) is 13.8 Å². The quantitative estimate of drug-likeness (QED) is 0.680. The van der Waals surface area contributed by atoms with Gasteiger partial charge in [0.05, 0.1) is 23.6 Å². The molecule has 0 aliphatic heterocycles. The third-order valence-electron chi connectivity index (χ3n) is 4.03. The highest BCUT2D eigenvalue weighted by Crippen LogP contribution is 2.37. The van der Waals surface area contributed by atoms with Crippen LogP contribution in [0.25, 0.3) is 10.2 Å². The molecule has 0 radical (unpaired) electrons. The van der Waals surface area contributed by atoms with Crippen LogP contribution in [0, 0.1) is 13.8 Å². The Morgan fingerprint density at radius 2 is 1.92 bits per heavy atom. The van der Waals surface area contributed by atoms with E-state index in [-0.39, 0.29) is 12.5 Å². The van der Waals surface area contributed by atoms with Crippen molar-refractivity contribution in [2.24, 2.45) is 0 Å². The van der Waals surface area contributed by atoms with Gasteiger partial charge >= 0.3 is 5.97 Å². The molecule has 0 saturated heterocycles. The number of nitrogens with one attached hydrogen (secondary N) is 1. The summed E-state index contributed by atoms with van der Waals surface area (Å²) in [5.74, 6) is -0.732. The van der Waals surface area contributed by atoms with Crippen LogP contribution >= 0.6 is 11.3 Å². The van der Waals surface area contributed by atoms with Crippen LogP contribution in [0.15, 0.2) is 30.3 Å². The number of aromatic nitrogens is 1. The summed E-state index contributed by atoms with van der Waals surface area (Å²) in [6, 6.07) is 9.19. The van der Waals surface area contributed by atoms with Crippen LogP contribution in [-0.4, -0.2) is 23.5 Å². The molecule has 1 aromatic carbocycles. The van der Waals surface area contributed by atoms with E-state index in [0.29, 0.717) is 43.3 Å². The van der Waals surface area contributed by atoms with Gasteiger partial charge in [0.15, 0.2) is 0 Å². The fourth-order valence-electron chi connectivity index (χ4n) is 2.88. The number of para-hydroxylation sites is 1. The first-order chi connectivity index (χ1) is 12.4. The van der Waals surface area contributed by atoms with Gasteiger partial charge < -0.3 is 15.8 Å². The molecule has 7 heteroatoms. The number of anilines is 2. The number of ether oxygens (including phenoxy) is 1. The van der Waals surface area contributed by atoms with E-state index in [1.807, 2.05) is 37.3 Å². The van der Waals surface area contributed by atoms with E-state index < -0.39 is 5.97 Å². The van der Waals surface area contributed by atoms with Crippen LogP contribution in [0.5, 0.6) is 0 Å². The van der Waals surface area contributed by atoms with Crippen molar-refractivity contribution in [1.29, 1.82) is 0 Å². The fraction of sp³-hybridized carbons (Fsp3) is 0.211. The summed E-state index contributed by atoms with van der Waals surface area (Å²) >= 11 is 1.18. The molecule has 0 bridgehead atoms. The van der Waals surface area contributed by atoms with Crippen LogP contribution in [-0.2, 0) is 4.74 Å². The second-order valence-corrected chi connectivity index (χ2v) is 6.76. The average Bonchev–Trinajstić information content (AvgIpc) is 2.92. The normalized spacial score (nSPS) is 10.7. The minimum absolute atomic E-state index is 0.260. The fourth-order valence-corrected chi connectivity index (χ4v) is 3.97. The van der Waals surface area contributed by atoms with Crippen LogP contribution < -0.4 is 11.1 Å². The number of hydrogen-bond donors (Lipinski definition) is 2. The van der Waals surface area contributed by atoms with Gasteiger partial charge in [-0.25, -0.2) is 9.78 Å². The molecule has 0 fully saturated rings. The number of esters is 1. The number of hydrogen-bond acceptors (Lipinski definition) is 6. The average molecular weight is 369 g/mol. The predicted molar refractivity (Wildman–Crippen MR) is 104 cm³/mol. The largest absolute Gasteiger partial charge is 0.462 e. The molecule has 0 saturated carbocycles. The number of nitrogens with two attached hydrogens (primary N) is 1. The summed E-state index contributed by atoms with van der Waals surface area (Å²) in [5.41, 5.74) is 8.93. The van der Waals surface area contributed by atoms with E-state index in [0.717, 1.165) is 0 Å². The van der Waals surface area contributed by atoms with Gasteiger partial charge in [0.1, 0.15) is 9.71 Å². The number of fused-ring (bicyclic) bond motifs is 1. The molecule has 6 nitrogen and oxygen atoms in total. The Labute approximate surface area is 155 Å². The molecule has 0 aliphatic rings. The zero-order chi connectivity index (χ0) is 18.8. The second-order valence-electron chi connectivity index (χ2n) is 5.76. The molecule has 26 heavy (non-hydrogen) atoms. The van der Waals surface area contributed by atoms with Crippen LogP contribution in [0.4, 0.5) is 11.4 Å². The van der Waals surface area contributed by atoms with Crippen molar-refractivity contribution in [3.8, 4) is 0 Å². The van der Waals surface area contributed by atoms with Crippen LogP contribution in [0.2, 0.25) is 0 Å². The molecule has 0 atom stereocenters. The van der Waals surface area contributed by atoms with E-state index in [4.69, 9.17) is 10.5 Å². The van der Waals surface area contributed by atoms with Crippen LogP contribution in [0.3, 0.4) is 0 Å². The minimum Gasteiger partial charge on any atom is -0.462 e. The van der Waals surface area contributed by atoms with Crippen LogP contribution in [0.1, 0.15) is 38.2 Å². The van der Waals surface area contributed by atoms with Gasteiger partial charge in [0.25, 0.3) is 5.91 Å². The van der Waals surface area contributed by atoms with Crippen molar-refractivity contribution in [2.45, 2.75) is 20.8 Å². The molecular formula is C19H19N3O3S. The Kier molecular flexibility index (Phi) is 4.90. The maximum Gasteiger partial charge on any atom is 0.350 e. The number of nitrogen functional groups attached to an aromatic ring is 1. The topological polar surface area (TPSA) is 94.3 Å². The first-order valence-corrected chi connectivity index (χ1v) is 8.98. The van der Waals surface area contributed by atoms with Crippen molar-refractivity contribution in [2.75, 3.05) is 17.7 Å². The third kappa shape index (κ3) is 3.13. The highest BCUT2D eigenvalue weighted by Gasteiger charge is 2.24. The maximum atomic E-state index is 12.8. The summed E-state index contributed by atoms with van der Waals surface area (Å²) in [6.07, 6.45) is 0. The number of amides is 1. The van der Waals surface area contributed by atoms with Gasteiger partial charge in [-0.1, -0.05) is 18.2 Å². The first kappa shape index (κ1) is 17.9. The third-order valence-corrected chi connectivity index (χ3v) is 5.11. The highest BCUT2D eigenvalue weighted by molar-refractivity contribution is 7.21. The monoisotopic (exact) mass is 369 g/mol. The number of thiophene rings is 1. The minimum atomic E-state index is -0.472. The Morgan fingerprint density at radius 3 is 2.58 bits per heavy atom. The molecule has 3 N–H and O–H groups in total. The Hall–Kier alpha value is -2.93. The summed E-state index contributed by atoms with van der Waals surface area (Å²) in [7, 11) is 0. The molecular weight excluding hydrogens is 350 g/mol. The lowest BCUT2D eigenvalue weighted by Gasteiger charge is -2.11. The predicted octanol–water partition coefficient (Wildman–Crippen LogP) is 3.92. The number of carbonyl (C=O) groups is 2. The lowest BCUT2D eigenvalue weighted by molar-refractivity contribution is 0.0533. The van der Waals surface area contributed by atoms with Crippen molar-refractivity contribution < 1.29 is 14.3 Å². The van der Waals surface area contributed by atoms with Gasteiger partial charge in [-0.3, -0.25) is 4.79 Å². The molecule has 3 rings (SSSR count). The molecule has 0 unspecified atom stereocenters. The SMILES string of the molecule is CCOC(=O)c1sc2nc(C)c(C(=O)Nc3ccccc3)c(C)c2c1N. The lowest BCUT2D eigenvalue weighted by Crippen LogP contribution is -2.16. The van der Waals surface area contributed by atoms with Crippen molar-refractivity contribution in [3.05, 3.63) is 52.0 Å². The van der Waals surface area contributed by atoms with E-state index in [9.17, 15) is 9.59 Å². The highest BCUT2D eigenvalue weighted by atomic mass is 32.1. The number of rotatable bonds is 4. The second kappa shape index (κ2) is 7.13. The standard InChI is InChI=1S/C19H19N3O3S/c1-4-25-19(24)16-15(20)14-10(2)13(11(3)21-18(14)26-16)17(23)22-12-8-6-5-7-9-12/h5-9H,4,20H2,1-3H3,(H,22,23). The van der Waals surface area contributed by atoms with Gasteiger partial charge in [-0.05, 0) is 38.5 Å². The zero-order valence-corrected chi connectivity index (χ0v) is 15.6. The molecule has 1 amide bonds. The van der Waals surface area contributed by atoms with Crippen molar-refractivity contribution in [1.82, 2.24) is 4.98 Å². The summed E-state index contributed by atoms with van der Waals surface area (Å²) < 4.78 is 5.05. The first-order valence-electron chi connectivity index (χ1n) is 8.16. The number of aryl methyl sites for hydroxylation is 2. The molecule has 2 heterocycles. The molecule has 2 aromatic heterocycles. The molecule has 0 aliphatic carbocycles. The zero-order valence-electron chi connectivity index (χ0n) is 14.8. The number of benzene rings is 1. The lowest BCUT2D eigenvalue weighted by atomic mass is 10.0. The van der Waals surface area contributed by atoms with E-state index >= 15 is 0 Å². The molecule has 0 spiro atoms. The number of pyridine rings is 1. The Bertz CT molecular complexity index is 996. The summed E-state index contributed by atoms with van der Waals surface area (Å²) in [5, 5.41) is 3.49. The summed E-state index contributed by atoms with van der Waals surface area (Å²) in [6.45, 7) is 5.59. The number of carbonyl (C=O) groups excluding carboxylic acids is 2. The molecule has 3 aromatic rings. The van der Waals surface area contributed by atoms with Gasteiger partial charge in [-0.15, -0.1) is 11.3 Å². The smallest absolute Gasteiger partial charge is 0.350 e. The number of nitrogens with zero attached hydrogens (tertiary/aromatic N) is 1. The van der Waals surface area contributed by atoms with E-state index in [1.165, 1.54) is 11.3 Å². The van der Waals surface area contributed by atoms with Gasteiger partial charge in [-0.2, -0.15) is 0 Å². The van der Waals surface area contributed by atoms with Gasteiger partial charge in [0, 0.05) is 11.1 Å². The van der Waals surface area contributed by atoms with Crippen molar-refractivity contribution >= 4 is 44.8 Å². The Morgan fingerprint density at radius 1 is 1.23 bits per heavy atom. The van der Waals surface area contributed by atoms with E-state index in [2.05, 4.69) is 10.3 Å². The Balaban J connectivity index is 2.08.